The summed E-state index contributed by atoms with van der Waals surface area (Å²) in [5, 5.41) is 9.75. The monoisotopic (exact) mass is 363 g/mol. The second-order valence-corrected chi connectivity index (χ2v) is 7.01. The van der Waals surface area contributed by atoms with Gasteiger partial charge in [0.2, 0.25) is 11.8 Å². The third-order valence-corrected chi connectivity index (χ3v) is 5.57. The molecule has 4 rings (SSSR count). The smallest absolute Gasteiger partial charge is 0.241 e. The third-order valence-electron chi connectivity index (χ3n) is 4.90. The maximum absolute atomic E-state index is 12.9. The first kappa shape index (κ1) is 14.1. The van der Waals surface area contributed by atoms with E-state index in [-0.39, 0.29) is 18.4 Å². The lowest BCUT2D eigenvalue weighted by Crippen LogP contribution is -2.43. The summed E-state index contributed by atoms with van der Waals surface area (Å²) in [4.78, 5) is 27.0. The van der Waals surface area contributed by atoms with Gasteiger partial charge in [-0.05, 0) is 35.0 Å². The van der Waals surface area contributed by atoms with Gasteiger partial charge in [0.1, 0.15) is 5.60 Å². The molecular formula is C16H14BrNO4. The Kier molecular flexibility index (Phi) is 2.74. The number of aliphatic hydroxyl groups is 1. The Morgan fingerprint density at radius 1 is 1.23 bits per heavy atom. The van der Waals surface area contributed by atoms with Crippen molar-refractivity contribution in [3.63, 3.8) is 0 Å². The van der Waals surface area contributed by atoms with Crippen molar-refractivity contribution in [3.05, 3.63) is 40.9 Å². The number of halogens is 1. The first-order chi connectivity index (χ1) is 10.4. The van der Waals surface area contributed by atoms with Crippen molar-refractivity contribution in [3.8, 4) is 0 Å². The van der Waals surface area contributed by atoms with Crippen LogP contribution in [-0.2, 0) is 14.3 Å². The molecule has 0 aliphatic carbocycles. The molecule has 114 valence electrons. The molecule has 2 fully saturated rings. The molecule has 0 aromatic heterocycles. The third kappa shape index (κ3) is 1.50. The van der Waals surface area contributed by atoms with Gasteiger partial charge < -0.3 is 9.84 Å². The van der Waals surface area contributed by atoms with E-state index in [9.17, 15) is 14.7 Å². The van der Waals surface area contributed by atoms with Crippen LogP contribution < -0.4 is 4.90 Å². The number of fused-ring (bicyclic) bond motifs is 5. The lowest BCUT2D eigenvalue weighted by molar-refractivity contribution is -0.131. The molecule has 0 saturated carbocycles. The van der Waals surface area contributed by atoms with Crippen LogP contribution in [-0.4, -0.2) is 34.7 Å². The average molecular weight is 364 g/mol. The zero-order valence-electron chi connectivity index (χ0n) is 11.8. The van der Waals surface area contributed by atoms with Crippen molar-refractivity contribution < 1.29 is 19.4 Å². The zero-order valence-corrected chi connectivity index (χ0v) is 13.4. The van der Waals surface area contributed by atoms with Gasteiger partial charge in [-0.1, -0.05) is 24.3 Å². The highest BCUT2D eigenvalue weighted by Gasteiger charge is 2.72. The highest BCUT2D eigenvalue weighted by atomic mass is 79.9. The molecule has 2 bridgehead atoms. The highest BCUT2D eigenvalue weighted by molar-refractivity contribution is 9.10. The molecule has 0 radical (unpaired) electrons. The minimum Gasteiger partial charge on any atom is -0.393 e. The normalized spacial score (nSPS) is 39.0. The van der Waals surface area contributed by atoms with Crippen LogP contribution >= 0.6 is 15.9 Å². The molecule has 0 spiro atoms. The molecular weight excluding hydrogens is 350 g/mol. The van der Waals surface area contributed by atoms with Crippen LogP contribution in [0.4, 0.5) is 5.69 Å². The SMILES string of the molecule is C[C@@]12C=C[C@@](CO)(O1)[C@@H]1C(=O)N(c3ccccc3Br)C(=O)[C@@H]12. The van der Waals surface area contributed by atoms with E-state index in [2.05, 4.69) is 15.9 Å². The molecule has 2 saturated heterocycles. The molecule has 2 amide bonds. The highest BCUT2D eigenvalue weighted by Crippen LogP contribution is 2.57. The largest absolute Gasteiger partial charge is 0.393 e. The number of hydrogen-bond acceptors (Lipinski definition) is 4. The predicted octanol–water partition coefficient (Wildman–Crippen LogP) is 1.64. The number of benzene rings is 1. The zero-order chi connectivity index (χ0) is 15.7. The van der Waals surface area contributed by atoms with E-state index in [4.69, 9.17) is 4.74 Å². The minimum absolute atomic E-state index is 0.274. The van der Waals surface area contributed by atoms with E-state index in [0.717, 1.165) is 0 Å². The van der Waals surface area contributed by atoms with Gasteiger partial charge in [0, 0.05) is 4.47 Å². The lowest BCUT2D eigenvalue weighted by atomic mass is 9.73. The van der Waals surface area contributed by atoms with Gasteiger partial charge in [0.25, 0.3) is 0 Å². The van der Waals surface area contributed by atoms with Crippen LogP contribution in [0.1, 0.15) is 6.92 Å². The molecule has 0 unspecified atom stereocenters. The Hall–Kier alpha value is -1.50. The van der Waals surface area contributed by atoms with E-state index in [1.54, 1.807) is 37.3 Å². The maximum atomic E-state index is 12.9. The van der Waals surface area contributed by atoms with Gasteiger partial charge >= 0.3 is 0 Å². The fraction of sp³-hybridized carbons (Fsp3) is 0.375. The topological polar surface area (TPSA) is 66.8 Å². The number of rotatable bonds is 2. The summed E-state index contributed by atoms with van der Waals surface area (Å²) in [6, 6.07) is 7.12. The van der Waals surface area contributed by atoms with Gasteiger partial charge in [-0.25, -0.2) is 4.90 Å². The van der Waals surface area contributed by atoms with Crippen LogP contribution in [0.3, 0.4) is 0 Å². The van der Waals surface area contributed by atoms with E-state index in [1.165, 1.54) is 4.90 Å². The van der Waals surface area contributed by atoms with Gasteiger partial charge in [0.15, 0.2) is 0 Å². The number of ether oxygens (including phenoxy) is 1. The molecule has 3 aliphatic rings. The Morgan fingerprint density at radius 3 is 2.59 bits per heavy atom. The number of anilines is 1. The number of imide groups is 1. The molecule has 3 aliphatic heterocycles. The number of carbonyl (C=O) groups is 2. The number of carbonyl (C=O) groups excluding carboxylic acids is 2. The number of hydrogen-bond donors (Lipinski definition) is 1. The average Bonchev–Trinajstić information content (AvgIpc) is 3.07. The number of para-hydroxylation sites is 1. The summed E-state index contributed by atoms with van der Waals surface area (Å²) in [5.41, 5.74) is -1.39. The number of aliphatic hydroxyl groups excluding tert-OH is 1. The van der Waals surface area contributed by atoms with Crippen LogP contribution in [0, 0.1) is 11.8 Å². The molecule has 1 aromatic carbocycles. The summed E-state index contributed by atoms with van der Waals surface area (Å²) in [6.45, 7) is 1.48. The number of nitrogens with zero attached hydrogens (tertiary/aromatic N) is 1. The summed E-state index contributed by atoms with van der Waals surface area (Å²) < 4.78 is 6.56. The fourth-order valence-electron chi connectivity index (χ4n) is 3.91. The number of amides is 2. The summed E-state index contributed by atoms with van der Waals surface area (Å²) in [5.74, 6) is -1.86. The van der Waals surface area contributed by atoms with Crippen molar-refractivity contribution in [2.75, 3.05) is 11.5 Å². The fourth-order valence-corrected chi connectivity index (χ4v) is 4.37. The van der Waals surface area contributed by atoms with Crippen molar-refractivity contribution >= 4 is 33.4 Å². The van der Waals surface area contributed by atoms with Crippen molar-refractivity contribution in [2.24, 2.45) is 11.8 Å². The molecule has 1 N–H and O–H groups in total. The Balaban J connectivity index is 1.84. The van der Waals surface area contributed by atoms with E-state index in [0.29, 0.717) is 10.2 Å². The maximum Gasteiger partial charge on any atom is 0.241 e. The Morgan fingerprint density at radius 2 is 1.91 bits per heavy atom. The van der Waals surface area contributed by atoms with E-state index < -0.39 is 23.0 Å². The van der Waals surface area contributed by atoms with Crippen LogP contribution in [0.5, 0.6) is 0 Å². The molecule has 6 heteroatoms. The minimum atomic E-state index is -1.08. The van der Waals surface area contributed by atoms with Gasteiger partial charge in [-0.3, -0.25) is 9.59 Å². The van der Waals surface area contributed by atoms with Crippen LogP contribution in [0.15, 0.2) is 40.9 Å². The second-order valence-electron chi connectivity index (χ2n) is 6.15. The Labute approximate surface area is 135 Å². The lowest BCUT2D eigenvalue weighted by Gasteiger charge is -2.27. The van der Waals surface area contributed by atoms with Gasteiger partial charge in [-0.15, -0.1) is 0 Å². The van der Waals surface area contributed by atoms with Gasteiger partial charge in [0.05, 0.1) is 29.7 Å². The van der Waals surface area contributed by atoms with E-state index in [1.807, 2.05) is 6.07 Å². The molecule has 3 heterocycles. The standard InChI is InChI=1S/C16H14BrNO4/c1-15-6-7-16(8-19,22-15)12-11(15)13(20)18(14(12)21)10-5-3-2-4-9(10)17/h2-7,11-12,19H,8H2,1H3/t11-,12+,15+,16+/m1/s1. The van der Waals surface area contributed by atoms with Crippen LogP contribution in [0.2, 0.25) is 0 Å². The molecule has 1 aromatic rings. The van der Waals surface area contributed by atoms with Crippen molar-refractivity contribution in [2.45, 2.75) is 18.1 Å². The van der Waals surface area contributed by atoms with Crippen LogP contribution in [0.25, 0.3) is 0 Å². The summed E-state index contributed by atoms with van der Waals surface area (Å²) in [6.07, 6.45) is 3.52. The molecule has 5 nitrogen and oxygen atoms in total. The first-order valence-corrected chi connectivity index (χ1v) is 7.87. The van der Waals surface area contributed by atoms with Crippen molar-refractivity contribution in [1.82, 2.24) is 0 Å². The predicted molar refractivity (Wildman–Crippen MR) is 82.1 cm³/mol. The summed E-state index contributed by atoms with van der Waals surface area (Å²) >= 11 is 3.39. The Bertz CT molecular complexity index is 733. The van der Waals surface area contributed by atoms with Gasteiger partial charge in [-0.2, -0.15) is 0 Å². The molecule has 22 heavy (non-hydrogen) atoms. The quantitative estimate of drug-likeness (QED) is 0.640. The molecule has 4 atom stereocenters. The van der Waals surface area contributed by atoms with E-state index >= 15 is 0 Å². The second kappa shape index (κ2) is 4.28. The first-order valence-electron chi connectivity index (χ1n) is 7.07. The summed E-state index contributed by atoms with van der Waals surface area (Å²) in [7, 11) is 0. The van der Waals surface area contributed by atoms with Crippen molar-refractivity contribution in [1.29, 1.82) is 0 Å².